The Kier molecular flexibility index (Phi) is 6.78. The number of phosphoric acid groups is 1. The van der Waals surface area contributed by atoms with Crippen molar-refractivity contribution >= 4 is 37.4 Å². The molecule has 2 heterocycles. The molecule has 0 radical (unpaired) electrons. The number of rotatable bonds is 4. The molecule has 0 saturated carbocycles. The summed E-state index contributed by atoms with van der Waals surface area (Å²) in [6, 6.07) is 6.38. The van der Waals surface area contributed by atoms with Crippen LogP contribution in [-0.2, 0) is 18.9 Å². The van der Waals surface area contributed by atoms with Crippen LogP contribution in [0.3, 0.4) is 0 Å². The average Bonchev–Trinajstić information content (AvgIpc) is 2.86. The fourth-order valence-corrected chi connectivity index (χ4v) is 4.83. The number of aliphatic carboxylic acids is 1. The number of fused-ring (bicyclic) bond motifs is 1. The fourth-order valence-electron chi connectivity index (χ4n) is 3.20. The molecule has 11 nitrogen and oxygen atoms in total. The minimum atomic E-state index is -4.64. The Labute approximate surface area is 170 Å². The summed E-state index contributed by atoms with van der Waals surface area (Å²) >= 11 is 1.38. The topological polar surface area (TPSA) is 190 Å². The number of thioether (sulfide) groups is 1. The molecule has 1 aromatic rings. The highest BCUT2D eigenvalue weighted by Crippen LogP contribution is 2.50. The van der Waals surface area contributed by atoms with Gasteiger partial charge in [0.15, 0.2) is 0 Å². The van der Waals surface area contributed by atoms with Gasteiger partial charge in [0.2, 0.25) is 11.8 Å². The maximum absolute atomic E-state index is 12.3. The summed E-state index contributed by atoms with van der Waals surface area (Å²) < 4.78 is 8.26. The van der Waals surface area contributed by atoms with Crippen LogP contribution >= 0.6 is 19.6 Å². The van der Waals surface area contributed by atoms with Gasteiger partial charge in [-0.3, -0.25) is 9.59 Å². The van der Waals surface area contributed by atoms with Gasteiger partial charge in [-0.1, -0.05) is 30.3 Å². The van der Waals surface area contributed by atoms with E-state index in [0.29, 0.717) is 5.56 Å². The van der Waals surface area contributed by atoms with E-state index in [-0.39, 0.29) is 11.3 Å². The lowest BCUT2D eigenvalue weighted by Crippen LogP contribution is -2.71. The molecular formula is C16H22N3O8PS. The van der Waals surface area contributed by atoms with Gasteiger partial charge >= 0.3 is 13.8 Å². The smallest absolute Gasteiger partial charge is 0.466 e. The number of carboxylic acids is 1. The van der Waals surface area contributed by atoms with Crippen LogP contribution in [-0.4, -0.2) is 64.7 Å². The second-order valence-electron chi connectivity index (χ2n) is 6.99. The molecule has 1 unspecified atom stereocenters. The third-order valence-corrected chi connectivity index (χ3v) is 5.99. The highest BCUT2D eigenvalue weighted by atomic mass is 32.2. The van der Waals surface area contributed by atoms with Gasteiger partial charge in [0.1, 0.15) is 23.5 Å². The van der Waals surface area contributed by atoms with Gasteiger partial charge < -0.3 is 35.7 Å². The SMILES string of the molecule is CC1(C)S[C@@H]2[C@H](NC(=O)C(N)c3ccccc3)C(=O)N2[C@H]1C(=O)O.O=P(O)(O)O. The normalized spacial score (nSPS) is 25.8. The van der Waals surface area contributed by atoms with Crippen LogP contribution < -0.4 is 11.1 Å². The lowest BCUT2D eigenvalue weighted by atomic mass is 9.95. The van der Waals surface area contributed by atoms with Gasteiger partial charge in [0.25, 0.3) is 0 Å². The summed E-state index contributed by atoms with van der Waals surface area (Å²) in [5.74, 6) is -1.86. The molecule has 0 aliphatic carbocycles. The number of hydrogen-bond acceptors (Lipinski definition) is 6. The van der Waals surface area contributed by atoms with Gasteiger partial charge in [-0.05, 0) is 19.4 Å². The number of hydrogen-bond donors (Lipinski definition) is 6. The van der Waals surface area contributed by atoms with Crippen molar-refractivity contribution in [3.8, 4) is 0 Å². The van der Waals surface area contributed by atoms with Crippen molar-refractivity contribution < 1.29 is 38.7 Å². The van der Waals surface area contributed by atoms with E-state index >= 15 is 0 Å². The van der Waals surface area contributed by atoms with Crippen molar-refractivity contribution in [2.24, 2.45) is 5.73 Å². The Bertz CT molecular complexity index is 838. The molecule has 160 valence electrons. The number of carbonyl (C=O) groups is 3. The van der Waals surface area contributed by atoms with Crippen LogP contribution in [0.25, 0.3) is 0 Å². The zero-order valence-electron chi connectivity index (χ0n) is 15.5. The third kappa shape index (κ3) is 5.35. The van der Waals surface area contributed by atoms with E-state index in [1.54, 1.807) is 38.1 Å². The number of carbonyl (C=O) groups excluding carboxylic acids is 2. The van der Waals surface area contributed by atoms with E-state index in [2.05, 4.69) is 5.32 Å². The number of carboxylic acid groups (broad SMARTS) is 1. The van der Waals surface area contributed by atoms with Crippen LogP contribution in [0.2, 0.25) is 0 Å². The number of benzene rings is 1. The van der Waals surface area contributed by atoms with Crippen molar-refractivity contribution in [3.63, 3.8) is 0 Å². The zero-order chi connectivity index (χ0) is 22.1. The molecule has 0 spiro atoms. The van der Waals surface area contributed by atoms with Crippen LogP contribution in [0, 0.1) is 0 Å². The van der Waals surface area contributed by atoms with E-state index in [4.69, 9.17) is 25.0 Å². The number of nitrogens with zero attached hydrogens (tertiary/aromatic N) is 1. The first-order valence-electron chi connectivity index (χ1n) is 8.36. The maximum atomic E-state index is 12.3. The van der Waals surface area contributed by atoms with E-state index in [1.165, 1.54) is 16.7 Å². The summed E-state index contributed by atoms with van der Waals surface area (Å²) in [5.41, 5.74) is 6.59. The predicted molar refractivity (Wildman–Crippen MR) is 103 cm³/mol. The Balaban J connectivity index is 0.000000537. The first kappa shape index (κ1) is 23.3. The maximum Gasteiger partial charge on any atom is 0.466 e. The van der Waals surface area contributed by atoms with E-state index in [9.17, 15) is 19.5 Å². The third-order valence-electron chi connectivity index (χ3n) is 4.41. The molecule has 2 aliphatic rings. The second kappa shape index (κ2) is 8.42. The van der Waals surface area contributed by atoms with Crippen molar-refractivity contribution in [2.75, 3.05) is 0 Å². The highest BCUT2D eigenvalue weighted by Gasteiger charge is 2.64. The van der Waals surface area contributed by atoms with Crippen molar-refractivity contribution in [2.45, 2.75) is 42.1 Å². The lowest BCUT2D eigenvalue weighted by Gasteiger charge is -2.43. The van der Waals surface area contributed by atoms with E-state index < -0.39 is 42.6 Å². The van der Waals surface area contributed by atoms with Crippen LogP contribution in [0.15, 0.2) is 30.3 Å². The highest BCUT2D eigenvalue weighted by molar-refractivity contribution is 8.01. The molecule has 29 heavy (non-hydrogen) atoms. The molecule has 7 N–H and O–H groups in total. The van der Waals surface area contributed by atoms with E-state index in [0.717, 1.165) is 0 Å². The molecule has 2 fully saturated rings. The first-order chi connectivity index (χ1) is 13.2. The Morgan fingerprint density at radius 3 is 2.24 bits per heavy atom. The van der Waals surface area contributed by atoms with Gasteiger partial charge in [0.05, 0.1) is 0 Å². The molecule has 0 bridgehead atoms. The van der Waals surface area contributed by atoms with Gasteiger partial charge in [0, 0.05) is 4.75 Å². The minimum Gasteiger partial charge on any atom is -0.480 e. The Hall–Kier alpha value is -1.95. The van der Waals surface area contributed by atoms with Crippen molar-refractivity contribution in [3.05, 3.63) is 35.9 Å². The average molecular weight is 447 g/mol. The Morgan fingerprint density at radius 1 is 1.24 bits per heavy atom. The summed E-state index contributed by atoms with van der Waals surface area (Å²) in [5, 5.41) is 11.7. The first-order valence-corrected chi connectivity index (χ1v) is 10.8. The van der Waals surface area contributed by atoms with Gasteiger partial charge in [-0.25, -0.2) is 9.36 Å². The number of β-lactam (4-membered cyclic amide) rings is 1. The number of amides is 2. The summed E-state index contributed by atoms with van der Waals surface area (Å²) in [7, 11) is -4.64. The predicted octanol–water partition coefficient (Wildman–Crippen LogP) is -0.610. The van der Waals surface area contributed by atoms with Gasteiger partial charge in [-0.15, -0.1) is 11.8 Å². The molecule has 4 atom stereocenters. The van der Waals surface area contributed by atoms with Crippen LogP contribution in [0.4, 0.5) is 0 Å². The Morgan fingerprint density at radius 2 is 1.76 bits per heavy atom. The molecule has 3 rings (SSSR count). The largest absolute Gasteiger partial charge is 0.480 e. The van der Waals surface area contributed by atoms with Gasteiger partial charge in [-0.2, -0.15) is 0 Å². The molecule has 2 aliphatic heterocycles. The molecule has 2 amide bonds. The lowest BCUT2D eigenvalue weighted by molar-refractivity contribution is -0.161. The second-order valence-corrected chi connectivity index (χ2v) is 9.78. The van der Waals surface area contributed by atoms with E-state index in [1.807, 2.05) is 6.07 Å². The number of nitrogens with one attached hydrogen (secondary N) is 1. The summed E-state index contributed by atoms with van der Waals surface area (Å²) in [6.07, 6.45) is 0. The molecule has 1 aromatic carbocycles. The van der Waals surface area contributed by atoms with Crippen LogP contribution in [0.1, 0.15) is 25.5 Å². The van der Waals surface area contributed by atoms with Crippen LogP contribution in [0.5, 0.6) is 0 Å². The monoisotopic (exact) mass is 447 g/mol. The van der Waals surface area contributed by atoms with Crippen molar-refractivity contribution in [1.29, 1.82) is 0 Å². The summed E-state index contributed by atoms with van der Waals surface area (Å²) in [6.45, 7) is 3.58. The molecule has 0 aromatic heterocycles. The zero-order valence-corrected chi connectivity index (χ0v) is 17.2. The molecule has 2 saturated heterocycles. The van der Waals surface area contributed by atoms with Crippen molar-refractivity contribution in [1.82, 2.24) is 10.2 Å². The summed E-state index contributed by atoms with van der Waals surface area (Å²) in [4.78, 5) is 59.0. The quantitative estimate of drug-likeness (QED) is 0.256. The fraction of sp³-hybridized carbons (Fsp3) is 0.438. The minimum absolute atomic E-state index is 0.375. The molecular weight excluding hydrogens is 425 g/mol. The molecule has 13 heteroatoms. The standard InChI is InChI=1S/C16H19N3O4S.H3O4P/c1-16(2)11(15(22)23)19-13(21)10(14(19)24-16)18-12(20)9(17)8-6-4-3-5-7-8;1-5(2,3)4/h3-7,9-11,14H,17H2,1-2H3,(H,18,20)(H,22,23);(H3,1,2,3,4)/t9?,10-,11+,14-;/m1./s1. The number of nitrogens with two attached hydrogens (primary N) is 1.